The smallest absolute Gasteiger partial charge is 0.123 e. The van der Waals surface area contributed by atoms with Crippen LogP contribution in [0.3, 0.4) is 0 Å². The number of para-hydroxylation sites is 1. The maximum atomic E-state index is 12.7. The van der Waals surface area contributed by atoms with Gasteiger partial charge in [-0.2, -0.15) is 0 Å². The summed E-state index contributed by atoms with van der Waals surface area (Å²) in [6, 6.07) is 16.1. The highest BCUT2D eigenvalue weighted by molar-refractivity contribution is 5.42. The summed E-state index contributed by atoms with van der Waals surface area (Å²) < 4.78 is 12.7. The van der Waals surface area contributed by atoms with Crippen LogP contribution in [0.15, 0.2) is 54.6 Å². The molecule has 0 radical (unpaired) electrons. The lowest BCUT2D eigenvalue weighted by molar-refractivity contribution is 0.108. The van der Waals surface area contributed by atoms with Crippen LogP contribution in [0.4, 0.5) is 10.1 Å². The Bertz CT molecular complexity index is 455. The molecule has 2 aromatic rings. The van der Waals surface area contributed by atoms with E-state index in [1.807, 2.05) is 37.4 Å². The van der Waals surface area contributed by atoms with Crippen molar-refractivity contribution in [2.75, 3.05) is 12.1 Å². The van der Waals surface area contributed by atoms with E-state index in [0.29, 0.717) is 6.61 Å². The van der Waals surface area contributed by atoms with Crippen LogP contribution in [0.2, 0.25) is 0 Å². The first-order valence-electron chi connectivity index (χ1n) is 5.42. The van der Waals surface area contributed by atoms with Crippen LogP contribution in [0, 0.1) is 5.82 Å². The number of anilines is 1. The van der Waals surface area contributed by atoms with Gasteiger partial charge in [0.2, 0.25) is 0 Å². The lowest BCUT2D eigenvalue weighted by Crippen LogP contribution is -2.17. The zero-order chi connectivity index (χ0) is 12.1. The van der Waals surface area contributed by atoms with Gasteiger partial charge < -0.3 is 0 Å². The Morgan fingerprint density at radius 2 is 1.65 bits per heavy atom. The first-order valence-corrected chi connectivity index (χ1v) is 5.42. The molecule has 0 atom stereocenters. The van der Waals surface area contributed by atoms with Crippen molar-refractivity contribution in [2.24, 2.45) is 0 Å². The van der Waals surface area contributed by atoms with Gasteiger partial charge in [-0.1, -0.05) is 30.3 Å². The van der Waals surface area contributed by atoms with Crippen molar-refractivity contribution in [1.29, 1.82) is 0 Å². The Kier molecular flexibility index (Phi) is 3.73. The van der Waals surface area contributed by atoms with Gasteiger partial charge >= 0.3 is 0 Å². The van der Waals surface area contributed by atoms with Gasteiger partial charge in [-0.05, 0) is 29.8 Å². The van der Waals surface area contributed by atoms with Crippen LogP contribution in [0.5, 0.6) is 0 Å². The Morgan fingerprint density at radius 3 is 2.29 bits per heavy atom. The minimum Gasteiger partial charge on any atom is -0.269 e. The highest BCUT2D eigenvalue weighted by atomic mass is 19.1. The molecule has 0 heterocycles. The lowest BCUT2D eigenvalue weighted by atomic mass is 10.2. The van der Waals surface area contributed by atoms with Crippen LogP contribution < -0.4 is 5.06 Å². The fourth-order valence-electron chi connectivity index (χ4n) is 1.46. The summed E-state index contributed by atoms with van der Waals surface area (Å²) in [6.45, 7) is 0.422. The number of hydroxylamine groups is 1. The number of hydrogen-bond donors (Lipinski definition) is 0. The van der Waals surface area contributed by atoms with E-state index in [9.17, 15) is 4.39 Å². The van der Waals surface area contributed by atoms with E-state index in [1.165, 1.54) is 12.1 Å². The monoisotopic (exact) mass is 231 g/mol. The first-order chi connectivity index (χ1) is 8.25. The number of halogens is 1. The van der Waals surface area contributed by atoms with Gasteiger partial charge in [0.1, 0.15) is 5.82 Å². The maximum absolute atomic E-state index is 12.7. The van der Waals surface area contributed by atoms with Crippen LogP contribution in [0.25, 0.3) is 0 Å². The summed E-state index contributed by atoms with van der Waals surface area (Å²) in [4.78, 5) is 5.56. The predicted molar refractivity (Wildman–Crippen MR) is 66.0 cm³/mol. The van der Waals surface area contributed by atoms with Crippen LogP contribution in [-0.4, -0.2) is 7.05 Å². The van der Waals surface area contributed by atoms with Gasteiger partial charge in [0, 0.05) is 7.05 Å². The van der Waals surface area contributed by atoms with E-state index in [1.54, 1.807) is 17.2 Å². The number of nitrogens with zero attached hydrogens (tertiary/aromatic N) is 1. The van der Waals surface area contributed by atoms with Crippen LogP contribution in [-0.2, 0) is 11.4 Å². The fourth-order valence-corrected chi connectivity index (χ4v) is 1.46. The first kappa shape index (κ1) is 11.6. The normalized spacial score (nSPS) is 10.2. The minimum atomic E-state index is -0.231. The van der Waals surface area contributed by atoms with Crippen molar-refractivity contribution in [2.45, 2.75) is 6.61 Å². The van der Waals surface area contributed by atoms with Crippen molar-refractivity contribution in [3.8, 4) is 0 Å². The van der Waals surface area contributed by atoms with E-state index < -0.39 is 0 Å². The van der Waals surface area contributed by atoms with E-state index in [0.717, 1.165) is 11.3 Å². The molecule has 0 aliphatic carbocycles. The SMILES string of the molecule is CN(OCc1ccc(F)cc1)c1ccccc1. The molecule has 0 saturated carbocycles. The summed E-state index contributed by atoms with van der Waals surface area (Å²) in [6.07, 6.45) is 0. The van der Waals surface area contributed by atoms with Gasteiger partial charge in [0.25, 0.3) is 0 Å². The van der Waals surface area contributed by atoms with E-state index >= 15 is 0 Å². The van der Waals surface area contributed by atoms with Crippen LogP contribution in [0.1, 0.15) is 5.56 Å². The fraction of sp³-hybridized carbons (Fsp3) is 0.143. The molecule has 0 fully saturated rings. The molecule has 0 aliphatic rings. The summed E-state index contributed by atoms with van der Waals surface area (Å²) >= 11 is 0. The molecule has 0 spiro atoms. The molecule has 2 nitrogen and oxygen atoms in total. The minimum absolute atomic E-state index is 0.231. The number of hydrogen-bond acceptors (Lipinski definition) is 2. The molecule has 88 valence electrons. The van der Waals surface area contributed by atoms with Gasteiger partial charge in [-0.15, -0.1) is 0 Å². The molecule has 0 aliphatic heterocycles. The zero-order valence-corrected chi connectivity index (χ0v) is 9.64. The quantitative estimate of drug-likeness (QED) is 0.748. The Hall–Kier alpha value is -1.87. The molecular formula is C14H14FNO. The summed E-state index contributed by atoms with van der Waals surface area (Å²) in [5.41, 5.74) is 1.92. The maximum Gasteiger partial charge on any atom is 0.123 e. The van der Waals surface area contributed by atoms with Crippen molar-refractivity contribution >= 4 is 5.69 Å². The second kappa shape index (κ2) is 5.46. The van der Waals surface area contributed by atoms with Gasteiger partial charge in [0.05, 0.1) is 12.3 Å². The van der Waals surface area contributed by atoms with Crippen molar-refractivity contribution in [3.05, 3.63) is 66.0 Å². The van der Waals surface area contributed by atoms with Gasteiger partial charge in [-0.25, -0.2) is 4.39 Å². The molecule has 0 N–H and O–H groups in total. The van der Waals surface area contributed by atoms with Gasteiger partial charge in [-0.3, -0.25) is 9.90 Å². The molecule has 2 aromatic carbocycles. The molecule has 0 amide bonds. The summed E-state index contributed by atoms with van der Waals surface area (Å²) in [5, 5.41) is 1.70. The Labute approximate surface area is 100 Å². The van der Waals surface area contributed by atoms with E-state index in [4.69, 9.17) is 4.84 Å². The molecule has 0 unspecified atom stereocenters. The second-order valence-corrected chi connectivity index (χ2v) is 3.73. The highest BCUT2D eigenvalue weighted by Crippen LogP contribution is 2.13. The summed E-state index contributed by atoms with van der Waals surface area (Å²) in [5.74, 6) is -0.231. The van der Waals surface area contributed by atoms with Gasteiger partial charge in [0.15, 0.2) is 0 Å². The molecule has 0 aromatic heterocycles. The Balaban J connectivity index is 1.92. The third-order valence-electron chi connectivity index (χ3n) is 2.46. The second-order valence-electron chi connectivity index (χ2n) is 3.73. The average Bonchev–Trinajstić information content (AvgIpc) is 2.39. The molecule has 3 heteroatoms. The van der Waals surface area contributed by atoms with E-state index in [-0.39, 0.29) is 5.82 Å². The van der Waals surface area contributed by atoms with E-state index in [2.05, 4.69) is 0 Å². The topological polar surface area (TPSA) is 12.5 Å². The molecule has 0 bridgehead atoms. The zero-order valence-electron chi connectivity index (χ0n) is 9.64. The largest absolute Gasteiger partial charge is 0.269 e. The van der Waals surface area contributed by atoms with Crippen LogP contribution >= 0.6 is 0 Å². The van der Waals surface area contributed by atoms with Crippen molar-refractivity contribution < 1.29 is 9.23 Å². The number of rotatable bonds is 4. The average molecular weight is 231 g/mol. The van der Waals surface area contributed by atoms with Crippen molar-refractivity contribution in [3.63, 3.8) is 0 Å². The molecule has 0 saturated heterocycles. The predicted octanol–water partition coefficient (Wildman–Crippen LogP) is 3.39. The molecule has 17 heavy (non-hydrogen) atoms. The molecular weight excluding hydrogens is 217 g/mol. The molecule has 2 rings (SSSR count). The third kappa shape index (κ3) is 3.29. The Morgan fingerprint density at radius 1 is 1.00 bits per heavy atom. The van der Waals surface area contributed by atoms with Crippen molar-refractivity contribution in [1.82, 2.24) is 0 Å². The third-order valence-corrected chi connectivity index (χ3v) is 2.46. The lowest BCUT2D eigenvalue weighted by Gasteiger charge is -2.18. The summed E-state index contributed by atoms with van der Waals surface area (Å²) in [7, 11) is 1.85. The standard InChI is InChI=1S/C14H14FNO/c1-16(14-5-3-2-4-6-14)17-11-12-7-9-13(15)10-8-12/h2-10H,11H2,1H3. The number of benzene rings is 2. The highest BCUT2D eigenvalue weighted by Gasteiger charge is 2.01.